The van der Waals surface area contributed by atoms with Gasteiger partial charge in [-0.3, -0.25) is 4.79 Å². The molecule has 3 heteroatoms. The standard InChI is InChI=1S/C27H38N2O/c28-22-8-10-23(11-9-22)29-25(30)27-15-19-13-26(17-27,21-4-2-1-3-5-21)14-20(16-27)24(19)12-18-6-7-18/h1-5,18-20,22-24H,6-17,28H2,(H,29,30). The zero-order valence-electron chi connectivity index (χ0n) is 18.3. The number of rotatable bonds is 5. The maximum Gasteiger partial charge on any atom is 0.226 e. The third kappa shape index (κ3) is 3.23. The van der Waals surface area contributed by atoms with E-state index in [-0.39, 0.29) is 10.8 Å². The molecule has 3 N–H and O–H groups in total. The first kappa shape index (κ1) is 19.3. The monoisotopic (exact) mass is 406 g/mol. The Balaban J connectivity index is 1.28. The summed E-state index contributed by atoms with van der Waals surface area (Å²) in [6.07, 6.45) is 14.6. The quantitative estimate of drug-likeness (QED) is 0.728. The smallest absolute Gasteiger partial charge is 0.226 e. The number of nitrogens with one attached hydrogen (secondary N) is 1. The first-order valence-electron chi connectivity index (χ1n) is 12.7. The van der Waals surface area contributed by atoms with Crippen LogP contribution < -0.4 is 11.1 Å². The molecule has 7 rings (SSSR count). The SMILES string of the molecule is NC1CCC(NC(=O)C23CC4CC(c5ccccc5)(CC(C2)C4CC2CC2)C3)CC1. The summed E-state index contributed by atoms with van der Waals surface area (Å²) < 4.78 is 0. The minimum atomic E-state index is -0.124. The molecule has 1 aromatic carbocycles. The van der Waals surface area contributed by atoms with Crippen molar-refractivity contribution >= 4 is 5.91 Å². The molecule has 0 aromatic heterocycles. The third-order valence-corrected chi connectivity index (χ3v) is 9.78. The molecule has 30 heavy (non-hydrogen) atoms. The second-order valence-corrected chi connectivity index (χ2v) is 11.9. The van der Waals surface area contributed by atoms with E-state index in [1.165, 1.54) is 37.7 Å². The van der Waals surface area contributed by atoms with Crippen molar-refractivity contribution in [1.29, 1.82) is 0 Å². The largest absolute Gasteiger partial charge is 0.353 e. The van der Waals surface area contributed by atoms with E-state index < -0.39 is 0 Å². The van der Waals surface area contributed by atoms with E-state index in [9.17, 15) is 4.79 Å². The van der Waals surface area contributed by atoms with Crippen molar-refractivity contribution in [3.05, 3.63) is 35.9 Å². The summed E-state index contributed by atoms with van der Waals surface area (Å²) in [6, 6.07) is 11.9. The van der Waals surface area contributed by atoms with Crippen LogP contribution in [-0.2, 0) is 10.2 Å². The molecule has 0 aliphatic heterocycles. The van der Waals surface area contributed by atoms with E-state index in [0.717, 1.165) is 68.6 Å². The maximum absolute atomic E-state index is 13.8. The predicted octanol–water partition coefficient (Wildman–Crippen LogP) is 4.94. The van der Waals surface area contributed by atoms with Gasteiger partial charge in [0, 0.05) is 12.1 Å². The molecular formula is C27H38N2O. The van der Waals surface area contributed by atoms with Gasteiger partial charge in [-0.05, 0) is 98.9 Å². The Morgan fingerprint density at radius 2 is 1.60 bits per heavy atom. The van der Waals surface area contributed by atoms with Crippen molar-refractivity contribution in [3.63, 3.8) is 0 Å². The first-order valence-corrected chi connectivity index (χ1v) is 12.7. The topological polar surface area (TPSA) is 55.1 Å². The number of hydrogen-bond donors (Lipinski definition) is 2. The van der Waals surface area contributed by atoms with Crippen LogP contribution in [0.2, 0.25) is 0 Å². The van der Waals surface area contributed by atoms with Crippen molar-refractivity contribution < 1.29 is 4.79 Å². The number of carbonyl (C=O) groups excluding carboxylic acids is 1. The highest BCUT2D eigenvalue weighted by Gasteiger charge is 2.64. The van der Waals surface area contributed by atoms with Crippen LogP contribution in [0.15, 0.2) is 30.3 Å². The molecule has 1 amide bonds. The number of amides is 1. The molecule has 6 aliphatic carbocycles. The van der Waals surface area contributed by atoms with Gasteiger partial charge in [-0.15, -0.1) is 0 Å². The summed E-state index contributed by atoms with van der Waals surface area (Å²) in [7, 11) is 0. The van der Waals surface area contributed by atoms with E-state index in [0.29, 0.717) is 18.0 Å². The Labute approximate surface area is 181 Å². The number of nitrogens with two attached hydrogens (primary N) is 1. The van der Waals surface area contributed by atoms with Crippen LogP contribution >= 0.6 is 0 Å². The summed E-state index contributed by atoms with van der Waals surface area (Å²) in [5.41, 5.74) is 7.72. The van der Waals surface area contributed by atoms with Gasteiger partial charge in [-0.25, -0.2) is 0 Å². The molecule has 0 heterocycles. The fraction of sp³-hybridized carbons (Fsp3) is 0.741. The fourth-order valence-electron chi connectivity index (χ4n) is 8.37. The second kappa shape index (κ2) is 7.08. The van der Waals surface area contributed by atoms with Gasteiger partial charge in [-0.2, -0.15) is 0 Å². The van der Waals surface area contributed by atoms with Crippen LogP contribution in [0.5, 0.6) is 0 Å². The van der Waals surface area contributed by atoms with E-state index in [1.807, 2.05) is 0 Å². The number of hydrogen-bond acceptors (Lipinski definition) is 2. The molecular weight excluding hydrogens is 368 g/mol. The van der Waals surface area contributed by atoms with Crippen molar-refractivity contribution in [2.24, 2.45) is 34.8 Å². The second-order valence-electron chi connectivity index (χ2n) is 11.9. The Hall–Kier alpha value is -1.35. The van der Waals surface area contributed by atoms with Crippen LogP contribution in [-0.4, -0.2) is 18.0 Å². The number of carbonyl (C=O) groups is 1. The molecule has 0 radical (unpaired) electrons. The van der Waals surface area contributed by atoms with E-state index in [1.54, 1.807) is 0 Å². The summed E-state index contributed by atoms with van der Waals surface area (Å²) in [5, 5.41) is 3.54. The molecule has 6 aliphatic rings. The lowest BCUT2D eigenvalue weighted by Gasteiger charge is -2.64. The molecule has 0 spiro atoms. The molecule has 0 saturated heterocycles. The highest BCUT2D eigenvalue weighted by molar-refractivity contribution is 5.84. The molecule has 6 saturated carbocycles. The minimum Gasteiger partial charge on any atom is -0.353 e. The van der Waals surface area contributed by atoms with Gasteiger partial charge in [0.25, 0.3) is 0 Å². The zero-order valence-corrected chi connectivity index (χ0v) is 18.3. The predicted molar refractivity (Wildman–Crippen MR) is 120 cm³/mol. The van der Waals surface area contributed by atoms with Crippen LogP contribution in [0.25, 0.3) is 0 Å². The van der Waals surface area contributed by atoms with Crippen LogP contribution in [0.1, 0.15) is 82.6 Å². The molecule has 3 nitrogen and oxygen atoms in total. The molecule has 2 atom stereocenters. The van der Waals surface area contributed by atoms with Crippen molar-refractivity contribution in [2.75, 3.05) is 0 Å². The first-order chi connectivity index (χ1) is 14.6. The van der Waals surface area contributed by atoms with Crippen LogP contribution in [0, 0.1) is 29.1 Å². The highest BCUT2D eigenvalue weighted by Crippen LogP contribution is 2.68. The van der Waals surface area contributed by atoms with Gasteiger partial charge < -0.3 is 11.1 Å². The van der Waals surface area contributed by atoms with Gasteiger partial charge >= 0.3 is 0 Å². The molecule has 6 fully saturated rings. The zero-order chi connectivity index (χ0) is 20.3. The Morgan fingerprint density at radius 3 is 2.23 bits per heavy atom. The molecule has 1 aromatic rings. The third-order valence-electron chi connectivity index (χ3n) is 9.78. The molecule has 162 valence electrons. The maximum atomic E-state index is 13.8. The van der Waals surface area contributed by atoms with Gasteiger partial charge in [0.2, 0.25) is 5.91 Å². The lowest BCUT2D eigenvalue weighted by molar-refractivity contribution is -0.159. The van der Waals surface area contributed by atoms with Crippen molar-refractivity contribution in [3.8, 4) is 0 Å². The van der Waals surface area contributed by atoms with E-state index in [4.69, 9.17) is 5.73 Å². The van der Waals surface area contributed by atoms with Crippen LogP contribution in [0.3, 0.4) is 0 Å². The van der Waals surface area contributed by atoms with Crippen molar-refractivity contribution in [1.82, 2.24) is 5.32 Å². The Kier molecular flexibility index (Phi) is 4.57. The normalized spacial score (nSPS) is 44.8. The van der Waals surface area contributed by atoms with E-state index >= 15 is 0 Å². The molecule has 2 unspecified atom stereocenters. The lowest BCUT2D eigenvalue weighted by Crippen LogP contribution is -2.62. The molecule has 4 bridgehead atoms. The van der Waals surface area contributed by atoms with Crippen LogP contribution in [0.4, 0.5) is 0 Å². The Morgan fingerprint density at radius 1 is 0.933 bits per heavy atom. The average molecular weight is 407 g/mol. The number of benzene rings is 1. The lowest BCUT2D eigenvalue weighted by atomic mass is 9.39. The fourth-order valence-corrected chi connectivity index (χ4v) is 8.37. The van der Waals surface area contributed by atoms with Gasteiger partial charge in [0.1, 0.15) is 0 Å². The average Bonchev–Trinajstić information content (AvgIpc) is 3.57. The highest BCUT2D eigenvalue weighted by atomic mass is 16.2. The van der Waals surface area contributed by atoms with Gasteiger partial charge in [-0.1, -0.05) is 43.2 Å². The van der Waals surface area contributed by atoms with Crippen molar-refractivity contribution in [2.45, 2.75) is 94.5 Å². The van der Waals surface area contributed by atoms with Gasteiger partial charge in [0.05, 0.1) is 5.41 Å². The minimum absolute atomic E-state index is 0.124. The summed E-state index contributed by atoms with van der Waals surface area (Å²) in [6.45, 7) is 0. The summed E-state index contributed by atoms with van der Waals surface area (Å²) in [5.74, 6) is 3.76. The summed E-state index contributed by atoms with van der Waals surface area (Å²) >= 11 is 0. The van der Waals surface area contributed by atoms with Gasteiger partial charge in [0.15, 0.2) is 0 Å². The van der Waals surface area contributed by atoms with E-state index in [2.05, 4.69) is 35.6 Å². The Bertz CT molecular complexity index is 776. The summed E-state index contributed by atoms with van der Waals surface area (Å²) in [4.78, 5) is 13.8.